The predicted molar refractivity (Wildman–Crippen MR) is 46.6 cm³/mol. The van der Waals surface area contributed by atoms with Crippen molar-refractivity contribution in [3.63, 3.8) is 0 Å². The minimum atomic E-state index is -0.0688. The predicted octanol–water partition coefficient (Wildman–Crippen LogP) is 1.00. The van der Waals surface area contributed by atoms with Gasteiger partial charge in [0, 0.05) is 5.92 Å². The van der Waals surface area contributed by atoms with E-state index in [0.29, 0.717) is 17.2 Å². The van der Waals surface area contributed by atoms with Crippen LogP contribution < -0.4 is 5.73 Å². The molecule has 1 saturated carbocycles. The molecular formula is C9H12N2O2. The maximum absolute atomic E-state index is 11.4. The summed E-state index contributed by atoms with van der Waals surface area (Å²) < 4.78 is 4.99. The topological polar surface area (TPSA) is 69.1 Å². The van der Waals surface area contributed by atoms with Crippen LogP contribution in [0.1, 0.15) is 40.6 Å². The summed E-state index contributed by atoms with van der Waals surface area (Å²) in [6, 6.07) is 0. The van der Waals surface area contributed by atoms with Crippen molar-refractivity contribution < 1.29 is 9.32 Å². The van der Waals surface area contributed by atoms with Crippen LogP contribution in [0.25, 0.3) is 0 Å². The van der Waals surface area contributed by atoms with Crippen molar-refractivity contribution in [1.29, 1.82) is 0 Å². The van der Waals surface area contributed by atoms with Crippen LogP contribution in [0.5, 0.6) is 0 Å². The average molecular weight is 180 g/mol. The third-order valence-corrected chi connectivity index (χ3v) is 2.32. The number of ketones is 1. The van der Waals surface area contributed by atoms with Gasteiger partial charge in [0.1, 0.15) is 5.76 Å². The number of aryl methyl sites for hydroxylation is 1. The zero-order valence-electron chi connectivity index (χ0n) is 7.54. The molecule has 0 aromatic carbocycles. The Morgan fingerprint density at radius 2 is 2.38 bits per heavy atom. The summed E-state index contributed by atoms with van der Waals surface area (Å²) >= 11 is 0. The Kier molecular flexibility index (Phi) is 1.92. The van der Waals surface area contributed by atoms with Crippen molar-refractivity contribution in [3.05, 3.63) is 17.0 Å². The van der Waals surface area contributed by atoms with E-state index < -0.39 is 0 Å². The summed E-state index contributed by atoms with van der Waals surface area (Å²) in [7, 11) is 0. The number of carbonyl (C=O) groups is 1. The average Bonchev–Trinajstić information content (AvgIpc) is 2.89. The molecule has 2 N–H and O–H groups in total. The second kappa shape index (κ2) is 2.96. The highest BCUT2D eigenvalue weighted by molar-refractivity contribution is 5.99. The zero-order chi connectivity index (χ0) is 9.42. The van der Waals surface area contributed by atoms with Gasteiger partial charge in [-0.05, 0) is 19.8 Å². The van der Waals surface area contributed by atoms with Gasteiger partial charge in [0.05, 0.1) is 17.8 Å². The van der Waals surface area contributed by atoms with Gasteiger partial charge in [-0.1, -0.05) is 5.16 Å². The third-order valence-electron chi connectivity index (χ3n) is 2.32. The van der Waals surface area contributed by atoms with Crippen LogP contribution in [0.4, 0.5) is 0 Å². The Balaban J connectivity index is 2.39. The summed E-state index contributed by atoms with van der Waals surface area (Å²) in [5.41, 5.74) is 6.73. The lowest BCUT2D eigenvalue weighted by atomic mass is 10.1. The number of nitrogens with two attached hydrogens (primary N) is 1. The summed E-state index contributed by atoms with van der Waals surface area (Å²) in [5.74, 6) is 0.959. The number of nitrogens with zero attached hydrogens (tertiary/aromatic N) is 1. The normalized spacial score (nSPS) is 16.2. The number of Topliss-reactive ketones (excluding diaryl/α,β-unsaturated/α-hetero) is 1. The van der Waals surface area contributed by atoms with Crippen molar-refractivity contribution in [2.75, 3.05) is 6.54 Å². The zero-order valence-corrected chi connectivity index (χ0v) is 7.54. The minimum absolute atomic E-state index is 0.0295. The number of rotatable bonds is 3. The van der Waals surface area contributed by atoms with Crippen LogP contribution in [-0.4, -0.2) is 17.5 Å². The molecule has 1 aromatic heterocycles. The SMILES string of the molecule is Cc1onc(C2CC2)c1C(=O)CN. The minimum Gasteiger partial charge on any atom is -0.361 e. The van der Waals surface area contributed by atoms with Gasteiger partial charge >= 0.3 is 0 Å². The first-order valence-electron chi connectivity index (χ1n) is 4.43. The third kappa shape index (κ3) is 1.37. The Hall–Kier alpha value is -1.16. The Labute approximate surface area is 76.1 Å². The van der Waals surface area contributed by atoms with E-state index >= 15 is 0 Å². The molecule has 0 saturated heterocycles. The van der Waals surface area contributed by atoms with E-state index in [4.69, 9.17) is 10.3 Å². The summed E-state index contributed by atoms with van der Waals surface area (Å²) in [6.07, 6.45) is 2.22. The van der Waals surface area contributed by atoms with Gasteiger partial charge < -0.3 is 10.3 Å². The van der Waals surface area contributed by atoms with E-state index in [-0.39, 0.29) is 12.3 Å². The molecule has 70 valence electrons. The van der Waals surface area contributed by atoms with E-state index in [1.807, 2.05) is 0 Å². The molecule has 0 unspecified atom stereocenters. The molecule has 13 heavy (non-hydrogen) atoms. The van der Waals surface area contributed by atoms with Gasteiger partial charge in [0.2, 0.25) is 0 Å². The lowest BCUT2D eigenvalue weighted by Gasteiger charge is -1.96. The fraction of sp³-hybridized carbons (Fsp3) is 0.556. The van der Waals surface area contributed by atoms with Crippen molar-refractivity contribution in [2.24, 2.45) is 5.73 Å². The lowest BCUT2D eigenvalue weighted by Crippen LogP contribution is -2.15. The Morgan fingerprint density at radius 1 is 1.69 bits per heavy atom. The molecule has 0 amide bonds. The highest BCUT2D eigenvalue weighted by Gasteiger charge is 2.32. The summed E-state index contributed by atoms with van der Waals surface area (Å²) in [4.78, 5) is 11.4. The van der Waals surface area contributed by atoms with E-state index in [1.165, 1.54) is 0 Å². The highest BCUT2D eigenvalue weighted by atomic mass is 16.5. The molecule has 1 fully saturated rings. The molecule has 4 nitrogen and oxygen atoms in total. The summed E-state index contributed by atoms with van der Waals surface area (Å²) in [6.45, 7) is 1.78. The first-order chi connectivity index (χ1) is 6.24. The Bertz CT molecular complexity index is 339. The molecule has 0 bridgehead atoms. The van der Waals surface area contributed by atoms with Crippen LogP contribution in [0.15, 0.2) is 4.52 Å². The largest absolute Gasteiger partial charge is 0.361 e. The highest BCUT2D eigenvalue weighted by Crippen LogP contribution is 2.41. The first-order valence-corrected chi connectivity index (χ1v) is 4.43. The van der Waals surface area contributed by atoms with Crippen molar-refractivity contribution in [1.82, 2.24) is 5.16 Å². The van der Waals surface area contributed by atoms with Crippen molar-refractivity contribution >= 4 is 5.78 Å². The molecule has 1 aromatic rings. The van der Waals surface area contributed by atoms with E-state index in [9.17, 15) is 4.79 Å². The fourth-order valence-electron chi connectivity index (χ4n) is 1.47. The van der Waals surface area contributed by atoms with Gasteiger partial charge in [-0.15, -0.1) is 0 Å². The van der Waals surface area contributed by atoms with Gasteiger partial charge in [-0.2, -0.15) is 0 Å². The van der Waals surface area contributed by atoms with Crippen LogP contribution >= 0.6 is 0 Å². The van der Waals surface area contributed by atoms with Gasteiger partial charge in [-0.25, -0.2) is 0 Å². The quantitative estimate of drug-likeness (QED) is 0.704. The van der Waals surface area contributed by atoms with Gasteiger partial charge in [0.15, 0.2) is 5.78 Å². The maximum atomic E-state index is 11.4. The van der Waals surface area contributed by atoms with Crippen LogP contribution in [0.3, 0.4) is 0 Å². The lowest BCUT2D eigenvalue weighted by molar-refractivity contribution is 0.0999. The van der Waals surface area contributed by atoms with Gasteiger partial charge in [0.25, 0.3) is 0 Å². The van der Waals surface area contributed by atoms with Crippen LogP contribution in [0.2, 0.25) is 0 Å². The van der Waals surface area contributed by atoms with Crippen molar-refractivity contribution in [3.8, 4) is 0 Å². The van der Waals surface area contributed by atoms with E-state index in [0.717, 1.165) is 18.5 Å². The molecule has 0 spiro atoms. The molecule has 2 rings (SSSR count). The van der Waals surface area contributed by atoms with E-state index in [1.54, 1.807) is 6.92 Å². The number of carbonyl (C=O) groups excluding carboxylic acids is 1. The maximum Gasteiger partial charge on any atom is 0.181 e. The summed E-state index contributed by atoms with van der Waals surface area (Å²) in [5, 5.41) is 3.90. The van der Waals surface area contributed by atoms with Crippen LogP contribution in [0, 0.1) is 6.92 Å². The fourth-order valence-corrected chi connectivity index (χ4v) is 1.47. The molecule has 0 atom stereocenters. The van der Waals surface area contributed by atoms with E-state index in [2.05, 4.69) is 5.16 Å². The second-order valence-electron chi connectivity index (χ2n) is 3.40. The smallest absolute Gasteiger partial charge is 0.181 e. The molecule has 1 aliphatic carbocycles. The molecule has 0 aliphatic heterocycles. The Morgan fingerprint density at radius 3 is 2.92 bits per heavy atom. The second-order valence-corrected chi connectivity index (χ2v) is 3.40. The number of hydrogen-bond donors (Lipinski definition) is 1. The van der Waals surface area contributed by atoms with Crippen molar-refractivity contribution in [2.45, 2.75) is 25.7 Å². The molecule has 0 radical (unpaired) electrons. The first kappa shape index (κ1) is 8.44. The van der Waals surface area contributed by atoms with Gasteiger partial charge in [-0.3, -0.25) is 4.79 Å². The molecule has 4 heteroatoms. The van der Waals surface area contributed by atoms with Crippen LogP contribution in [-0.2, 0) is 0 Å². The monoisotopic (exact) mass is 180 g/mol. The standard InChI is InChI=1S/C9H12N2O2/c1-5-8(7(12)4-10)9(11-13-5)6-2-3-6/h6H,2-4,10H2,1H3. The number of aromatic nitrogens is 1. The number of hydrogen-bond acceptors (Lipinski definition) is 4. The molecule has 1 aliphatic rings. The molecular weight excluding hydrogens is 168 g/mol. The molecule has 1 heterocycles.